The third kappa shape index (κ3) is 3.06. The molecule has 1 aliphatic carbocycles. The fourth-order valence-corrected chi connectivity index (χ4v) is 4.64. The Bertz CT molecular complexity index is 647. The van der Waals surface area contributed by atoms with Crippen LogP contribution in [0.5, 0.6) is 0 Å². The number of hydrogen-bond donors (Lipinski definition) is 0. The van der Waals surface area contributed by atoms with E-state index in [0.29, 0.717) is 11.2 Å². The highest BCUT2D eigenvalue weighted by Gasteiger charge is 2.22. The van der Waals surface area contributed by atoms with Gasteiger partial charge in [-0.2, -0.15) is 0 Å². The molecule has 1 fully saturated rings. The van der Waals surface area contributed by atoms with Crippen molar-refractivity contribution in [2.75, 3.05) is 0 Å². The Kier molecular flexibility index (Phi) is 4.45. The van der Waals surface area contributed by atoms with Gasteiger partial charge in [0.2, 0.25) is 0 Å². The van der Waals surface area contributed by atoms with Gasteiger partial charge in [0.15, 0.2) is 0 Å². The summed E-state index contributed by atoms with van der Waals surface area (Å²) in [6, 6.07) is 14.3. The third-order valence-corrected chi connectivity index (χ3v) is 5.92. The normalized spacial score (nSPS) is 16.7. The molecule has 0 aromatic heterocycles. The maximum atomic E-state index is 13.9. The summed E-state index contributed by atoms with van der Waals surface area (Å²) >= 11 is 0. The maximum Gasteiger partial charge on any atom is 0.139 e. The van der Waals surface area contributed by atoms with E-state index >= 15 is 0 Å². The van der Waals surface area contributed by atoms with Crippen LogP contribution in [0.3, 0.4) is 0 Å². The largest absolute Gasteiger partial charge is 0.276 e. The zero-order valence-corrected chi connectivity index (χ0v) is 12.9. The Morgan fingerprint density at radius 1 is 0.857 bits per heavy atom. The minimum absolute atomic E-state index is 0.316. The first-order chi connectivity index (χ1) is 10.3. The summed E-state index contributed by atoms with van der Waals surface area (Å²) in [7, 11) is -1.86. The number of hydrogen-bond acceptors (Lipinski definition) is 1. The van der Waals surface area contributed by atoms with Crippen LogP contribution in [0.15, 0.2) is 48.5 Å². The van der Waals surface area contributed by atoms with Gasteiger partial charge in [0.25, 0.3) is 0 Å². The summed E-state index contributed by atoms with van der Waals surface area (Å²) in [5.74, 6) is 0.0951. The van der Waals surface area contributed by atoms with Crippen molar-refractivity contribution in [3.05, 3.63) is 59.9 Å². The standard InChI is InChI=1S/C18H19FOP/c19-16-11-5-7-13-18(16)21(20)17-12-6-4-10-15(17)14-8-2-1-3-9-14/h4-7,10-14H,1-3,8-9H2. The lowest BCUT2D eigenvalue weighted by Gasteiger charge is -2.24. The fraction of sp³-hybridized carbons (Fsp3) is 0.333. The molecule has 2 aromatic rings. The van der Waals surface area contributed by atoms with Gasteiger partial charge in [0.1, 0.15) is 13.6 Å². The second-order valence-electron chi connectivity index (χ2n) is 5.64. The van der Waals surface area contributed by atoms with Gasteiger partial charge < -0.3 is 0 Å². The molecule has 1 nitrogen and oxygen atoms in total. The van der Waals surface area contributed by atoms with Crippen molar-refractivity contribution >= 4 is 18.4 Å². The molecule has 1 aliphatic rings. The number of benzene rings is 2. The summed E-state index contributed by atoms with van der Waals surface area (Å²) in [6.45, 7) is 0. The molecule has 1 radical (unpaired) electrons. The summed E-state index contributed by atoms with van der Waals surface area (Å²) in [4.78, 5) is 0. The molecule has 0 saturated heterocycles. The van der Waals surface area contributed by atoms with Crippen LogP contribution in [0.2, 0.25) is 0 Å². The smallest absolute Gasteiger partial charge is 0.139 e. The van der Waals surface area contributed by atoms with E-state index in [-0.39, 0.29) is 5.82 Å². The van der Waals surface area contributed by atoms with Gasteiger partial charge in [-0.15, -0.1) is 0 Å². The van der Waals surface area contributed by atoms with E-state index in [1.807, 2.05) is 18.2 Å². The molecule has 0 aliphatic heterocycles. The monoisotopic (exact) mass is 301 g/mol. The number of rotatable bonds is 3. The predicted octanol–water partition coefficient (Wildman–Crippen LogP) is 4.65. The van der Waals surface area contributed by atoms with E-state index in [0.717, 1.165) is 23.7 Å². The first-order valence-corrected chi connectivity index (χ1v) is 8.84. The van der Waals surface area contributed by atoms with Crippen LogP contribution >= 0.6 is 7.80 Å². The topological polar surface area (TPSA) is 17.1 Å². The number of halogens is 1. The lowest BCUT2D eigenvalue weighted by molar-refractivity contribution is 0.445. The second-order valence-corrected chi connectivity index (χ2v) is 7.19. The Hall–Kier alpha value is -1.53. The summed E-state index contributed by atoms with van der Waals surface area (Å²) in [6.07, 6.45) is 6.05. The van der Waals surface area contributed by atoms with Crippen LogP contribution < -0.4 is 10.6 Å². The molecule has 1 atom stereocenters. The van der Waals surface area contributed by atoms with Gasteiger partial charge in [0, 0.05) is 5.30 Å². The molecule has 0 spiro atoms. The molecule has 0 amide bonds. The van der Waals surface area contributed by atoms with Crippen LogP contribution in [0, 0.1) is 5.82 Å². The summed E-state index contributed by atoms with van der Waals surface area (Å²) in [5.41, 5.74) is 1.15. The molecule has 0 N–H and O–H groups in total. The highest BCUT2D eigenvalue weighted by Crippen LogP contribution is 2.35. The van der Waals surface area contributed by atoms with Gasteiger partial charge in [-0.3, -0.25) is 4.57 Å². The van der Waals surface area contributed by atoms with Crippen LogP contribution in [0.4, 0.5) is 4.39 Å². The molecule has 0 heterocycles. The van der Waals surface area contributed by atoms with Gasteiger partial charge in [-0.1, -0.05) is 49.6 Å². The zero-order chi connectivity index (χ0) is 14.7. The van der Waals surface area contributed by atoms with Crippen molar-refractivity contribution in [1.29, 1.82) is 0 Å². The molecule has 1 saturated carbocycles. The maximum absolute atomic E-state index is 13.9. The van der Waals surface area contributed by atoms with Crippen molar-refractivity contribution in [2.24, 2.45) is 0 Å². The Morgan fingerprint density at radius 3 is 2.19 bits per heavy atom. The molecule has 3 heteroatoms. The molecule has 2 aromatic carbocycles. The predicted molar refractivity (Wildman–Crippen MR) is 85.5 cm³/mol. The lowest BCUT2D eigenvalue weighted by Crippen LogP contribution is -2.18. The fourth-order valence-electron chi connectivity index (χ4n) is 3.18. The van der Waals surface area contributed by atoms with Crippen molar-refractivity contribution < 1.29 is 8.96 Å². The molecule has 109 valence electrons. The van der Waals surface area contributed by atoms with Crippen LogP contribution in [0.25, 0.3) is 0 Å². The Balaban J connectivity index is 1.98. The van der Waals surface area contributed by atoms with Crippen molar-refractivity contribution in [3.8, 4) is 0 Å². The minimum Gasteiger partial charge on any atom is -0.276 e. The molecule has 21 heavy (non-hydrogen) atoms. The van der Waals surface area contributed by atoms with Crippen molar-refractivity contribution in [2.45, 2.75) is 38.0 Å². The molecule has 3 rings (SSSR count). The van der Waals surface area contributed by atoms with E-state index in [1.165, 1.54) is 25.3 Å². The van der Waals surface area contributed by atoms with Gasteiger partial charge >= 0.3 is 0 Å². The van der Waals surface area contributed by atoms with E-state index in [2.05, 4.69) is 6.07 Å². The Morgan fingerprint density at radius 2 is 1.48 bits per heavy atom. The van der Waals surface area contributed by atoms with Gasteiger partial charge in [-0.25, -0.2) is 4.39 Å². The quantitative estimate of drug-likeness (QED) is 0.754. The third-order valence-electron chi connectivity index (χ3n) is 4.27. The SMILES string of the molecule is O=[P](c1ccccc1F)c1ccccc1C1CCCCC1. The van der Waals surface area contributed by atoms with Crippen LogP contribution in [-0.2, 0) is 4.57 Å². The first-order valence-electron chi connectivity index (χ1n) is 7.58. The van der Waals surface area contributed by atoms with Crippen LogP contribution in [-0.4, -0.2) is 0 Å². The summed E-state index contributed by atoms with van der Waals surface area (Å²) in [5, 5.41) is 1.13. The van der Waals surface area contributed by atoms with E-state index in [9.17, 15) is 8.96 Å². The van der Waals surface area contributed by atoms with Crippen LogP contribution in [0.1, 0.15) is 43.6 Å². The average molecular weight is 301 g/mol. The summed E-state index contributed by atoms with van der Waals surface area (Å²) < 4.78 is 26.8. The molecular formula is C18H19FOP. The molecular weight excluding hydrogens is 282 g/mol. The lowest BCUT2D eigenvalue weighted by atomic mass is 9.84. The molecule has 1 unspecified atom stereocenters. The zero-order valence-electron chi connectivity index (χ0n) is 12.0. The minimum atomic E-state index is -1.86. The van der Waals surface area contributed by atoms with Crippen molar-refractivity contribution in [1.82, 2.24) is 0 Å². The van der Waals surface area contributed by atoms with Crippen molar-refractivity contribution in [3.63, 3.8) is 0 Å². The molecule has 0 bridgehead atoms. The average Bonchev–Trinajstić information content (AvgIpc) is 2.55. The van der Waals surface area contributed by atoms with Gasteiger partial charge in [0.05, 0.1) is 5.30 Å². The second kappa shape index (κ2) is 6.49. The highest BCUT2D eigenvalue weighted by molar-refractivity contribution is 7.61. The Labute approximate surface area is 126 Å². The van der Waals surface area contributed by atoms with E-state index < -0.39 is 7.80 Å². The van der Waals surface area contributed by atoms with Gasteiger partial charge in [-0.05, 0) is 42.5 Å². The van der Waals surface area contributed by atoms with E-state index in [4.69, 9.17) is 0 Å². The first kappa shape index (κ1) is 14.4. The highest BCUT2D eigenvalue weighted by atomic mass is 31.1. The van der Waals surface area contributed by atoms with E-state index in [1.54, 1.807) is 18.2 Å².